The van der Waals surface area contributed by atoms with Gasteiger partial charge in [-0.2, -0.15) is 4.99 Å². The second-order valence-corrected chi connectivity index (χ2v) is 5.06. The number of piperazine rings is 1. The fourth-order valence-corrected chi connectivity index (χ4v) is 2.42. The van der Waals surface area contributed by atoms with E-state index in [4.69, 9.17) is 17.2 Å². The Hall–Kier alpha value is -2.35. The predicted octanol–water partition coefficient (Wildman–Crippen LogP) is 0.187. The number of hydrogen-bond acceptors (Lipinski definition) is 3. The van der Waals surface area contributed by atoms with E-state index in [2.05, 4.69) is 21.8 Å². The van der Waals surface area contributed by atoms with Crippen LogP contribution in [0.5, 0.6) is 0 Å². The molecule has 1 heterocycles. The lowest BCUT2D eigenvalue weighted by Gasteiger charge is -2.35. The third-order valence-corrected chi connectivity index (χ3v) is 3.58. The van der Waals surface area contributed by atoms with E-state index < -0.39 is 0 Å². The van der Waals surface area contributed by atoms with Gasteiger partial charge in [-0.1, -0.05) is 6.92 Å². The Morgan fingerprint density at radius 2 is 1.86 bits per heavy atom. The molecule has 0 unspecified atom stereocenters. The maximum absolute atomic E-state index is 14.3. The van der Waals surface area contributed by atoms with Crippen LogP contribution in [0.25, 0.3) is 0 Å². The summed E-state index contributed by atoms with van der Waals surface area (Å²) in [5.74, 6) is -0.625. The number of benzene rings is 1. The van der Waals surface area contributed by atoms with Crippen molar-refractivity contribution in [3.8, 4) is 0 Å². The molecule has 0 amide bonds. The van der Waals surface area contributed by atoms with Crippen LogP contribution in [0.15, 0.2) is 28.2 Å². The molecule has 0 spiro atoms. The summed E-state index contributed by atoms with van der Waals surface area (Å²) in [6.07, 6.45) is 0. The number of hydrogen-bond donors (Lipinski definition) is 3. The molecular formula is C14H22FN7. The summed E-state index contributed by atoms with van der Waals surface area (Å²) in [5.41, 5.74) is 16.9. The summed E-state index contributed by atoms with van der Waals surface area (Å²) >= 11 is 0. The zero-order valence-corrected chi connectivity index (χ0v) is 12.7. The molecule has 1 aliphatic heterocycles. The largest absolute Gasteiger partial charge is 0.370 e. The fourth-order valence-electron chi connectivity index (χ4n) is 2.42. The van der Waals surface area contributed by atoms with Crippen LogP contribution in [0.2, 0.25) is 0 Å². The van der Waals surface area contributed by atoms with Gasteiger partial charge in [-0.25, -0.2) is 9.38 Å². The molecule has 0 saturated carbocycles. The smallest absolute Gasteiger partial charge is 0.223 e. The van der Waals surface area contributed by atoms with Gasteiger partial charge in [0, 0.05) is 32.2 Å². The molecule has 0 atom stereocenters. The van der Waals surface area contributed by atoms with E-state index in [0.29, 0.717) is 11.4 Å². The lowest BCUT2D eigenvalue weighted by atomic mass is 10.2. The van der Waals surface area contributed by atoms with E-state index in [-0.39, 0.29) is 17.7 Å². The molecule has 1 aromatic carbocycles. The normalized spacial score (nSPS) is 16.6. The Morgan fingerprint density at radius 3 is 2.41 bits per heavy atom. The summed E-state index contributed by atoms with van der Waals surface area (Å²) in [6.45, 7) is 6.64. The van der Waals surface area contributed by atoms with E-state index in [1.165, 1.54) is 6.07 Å². The molecule has 0 radical (unpaired) electrons. The SMILES string of the molecule is CCN1CCN(c2ccc(N=C(N)N=C(N)N)cc2F)CC1. The number of guanidine groups is 2. The van der Waals surface area contributed by atoms with E-state index in [0.717, 1.165) is 32.7 Å². The first kappa shape index (κ1) is 16.0. The maximum atomic E-state index is 14.3. The van der Waals surface area contributed by atoms with E-state index in [1.54, 1.807) is 12.1 Å². The fraction of sp³-hybridized carbons (Fsp3) is 0.429. The number of halogens is 1. The first-order chi connectivity index (χ1) is 10.5. The standard InChI is InChI=1S/C14H22FN7/c1-2-21-5-7-22(8-6-21)12-4-3-10(9-11(12)15)19-14(18)20-13(16)17/h3-4,9H,2,5-8H2,1H3,(H6,16,17,18,19,20). The molecule has 120 valence electrons. The van der Waals surface area contributed by atoms with Crippen molar-refractivity contribution in [1.82, 2.24) is 4.90 Å². The number of nitrogens with two attached hydrogens (primary N) is 3. The molecule has 7 nitrogen and oxygen atoms in total. The third kappa shape index (κ3) is 4.08. The molecule has 1 saturated heterocycles. The third-order valence-electron chi connectivity index (χ3n) is 3.58. The van der Waals surface area contributed by atoms with Crippen molar-refractivity contribution in [1.29, 1.82) is 0 Å². The summed E-state index contributed by atoms with van der Waals surface area (Å²) in [7, 11) is 0. The van der Waals surface area contributed by atoms with Crippen molar-refractivity contribution >= 4 is 23.3 Å². The van der Waals surface area contributed by atoms with Crippen LogP contribution in [0.1, 0.15) is 6.92 Å². The molecule has 6 N–H and O–H groups in total. The van der Waals surface area contributed by atoms with Crippen LogP contribution in [0.4, 0.5) is 15.8 Å². The van der Waals surface area contributed by atoms with Crippen molar-refractivity contribution in [2.45, 2.75) is 6.92 Å². The van der Waals surface area contributed by atoms with E-state index in [9.17, 15) is 4.39 Å². The van der Waals surface area contributed by atoms with Gasteiger partial charge in [0.2, 0.25) is 5.96 Å². The molecule has 2 rings (SSSR count). The second kappa shape index (κ2) is 7.08. The molecule has 22 heavy (non-hydrogen) atoms. The van der Waals surface area contributed by atoms with Crippen LogP contribution < -0.4 is 22.1 Å². The van der Waals surface area contributed by atoms with Gasteiger partial charge in [0.25, 0.3) is 0 Å². The highest BCUT2D eigenvalue weighted by molar-refractivity contribution is 5.93. The molecule has 0 aromatic heterocycles. The zero-order valence-electron chi connectivity index (χ0n) is 12.7. The number of rotatable bonds is 3. The van der Waals surface area contributed by atoms with Gasteiger partial charge in [0.15, 0.2) is 5.96 Å². The van der Waals surface area contributed by atoms with E-state index >= 15 is 0 Å². The van der Waals surface area contributed by atoms with Gasteiger partial charge in [-0.3, -0.25) is 0 Å². The van der Waals surface area contributed by atoms with Gasteiger partial charge < -0.3 is 27.0 Å². The first-order valence-corrected chi connectivity index (χ1v) is 7.20. The summed E-state index contributed by atoms with van der Waals surface area (Å²) < 4.78 is 14.3. The summed E-state index contributed by atoms with van der Waals surface area (Å²) in [4.78, 5) is 11.9. The van der Waals surface area contributed by atoms with Crippen LogP contribution in [-0.4, -0.2) is 49.5 Å². The van der Waals surface area contributed by atoms with Crippen molar-refractivity contribution < 1.29 is 4.39 Å². The first-order valence-electron chi connectivity index (χ1n) is 7.20. The highest BCUT2D eigenvalue weighted by Crippen LogP contribution is 2.25. The lowest BCUT2D eigenvalue weighted by Crippen LogP contribution is -2.46. The monoisotopic (exact) mass is 307 g/mol. The molecule has 1 aromatic rings. The van der Waals surface area contributed by atoms with Crippen LogP contribution >= 0.6 is 0 Å². The van der Waals surface area contributed by atoms with Gasteiger partial charge in [-0.05, 0) is 18.7 Å². The highest BCUT2D eigenvalue weighted by atomic mass is 19.1. The molecule has 1 fully saturated rings. The minimum absolute atomic E-state index is 0.108. The Balaban J connectivity index is 2.12. The van der Waals surface area contributed by atoms with Crippen molar-refractivity contribution in [2.24, 2.45) is 27.2 Å². The minimum Gasteiger partial charge on any atom is -0.370 e. The average Bonchev–Trinajstić information content (AvgIpc) is 2.46. The lowest BCUT2D eigenvalue weighted by molar-refractivity contribution is 0.270. The molecule has 8 heteroatoms. The quantitative estimate of drug-likeness (QED) is 0.545. The van der Waals surface area contributed by atoms with Gasteiger partial charge in [-0.15, -0.1) is 0 Å². The Kier molecular flexibility index (Phi) is 5.16. The van der Waals surface area contributed by atoms with Crippen molar-refractivity contribution in [3.05, 3.63) is 24.0 Å². The van der Waals surface area contributed by atoms with Gasteiger partial charge in [0.1, 0.15) is 5.82 Å². The maximum Gasteiger partial charge on any atom is 0.223 e. The Bertz CT molecular complexity index is 573. The van der Waals surface area contributed by atoms with Crippen LogP contribution in [0, 0.1) is 5.82 Å². The predicted molar refractivity (Wildman–Crippen MR) is 87.8 cm³/mol. The molecule has 0 aliphatic carbocycles. The number of likely N-dealkylation sites (N-methyl/N-ethyl adjacent to an activating group) is 1. The summed E-state index contributed by atoms with van der Waals surface area (Å²) in [6, 6.07) is 4.73. The highest BCUT2D eigenvalue weighted by Gasteiger charge is 2.18. The number of anilines is 1. The topological polar surface area (TPSA) is 109 Å². The number of nitrogens with zero attached hydrogens (tertiary/aromatic N) is 4. The van der Waals surface area contributed by atoms with Gasteiger partial charge >= 0.3 is 0 Å². The summed E-state index contributed by atoms with van der Waals surface area (Å²) in [5, 5.41) is 0. The van der Waals surface area contributed by atoms with Crippen LogP contribution in [0.3, 0.4) is 0 Å². The van der Waals surface area contributed by atoms with Gasteiger partial charge in [0.05, 0.1) is 11.4 Å². The second-order valence-electron chi connectivity index (χ2n) is 5.06. The van der Waals surface area contributed by atoms with Crippen molar-refractivity contribution in [2.75, 3.05) is 37.6 Å². The molecule has 0 bridgehead atoms. The average molecular weight is 307 g/mol. The zero-order chi connectivity index (χ0) is 16.1. The minimum atomic E-state index is -0.330. The Labute approximate surface area is 129 Å². The molecule has 1 aliphatic rings. The molecular weight excluding hydrogens is 285 g/mol. The van der Waals surface area contributed by atoms with Crippen molar-refractivity contribution in [3.63, 3.8) is 0 Å². The number of aliphatic imine (C=N–C) groups is 2. The van der Waals surface area contributed by atoms with Crippen LogP contribution in [-0.2, 0) is 0 Å². The van der Waals surface area contributed by atoms with E-state index in [1.807, 2.05) is 4.90 Å². The Morgan fingerprint density at radius 1 is 1.18 bits per heavy atom.